The van der Waals surface area contributed by atoms with Gasteiger partial charge in [0.25, 0.3) is 0 Å². The first kappa shape index (κ1) is 13.3. The third-order valence-electron chi connectivity index (χ3n) is 3.33. The minimum atomic E-state index is -1.31. The van der Waals surface area contributed by atoms with Crippen molar-refractivity contribution in [1.29, 1.82) is 0 Å². The Balaban J connectivity index is 2.05. The Morgan fingerprint density at radius 3 is 2.53 bits per heavy atom. The van der Waals surface area contributed by atoms with Gasteiger partial charge in [-0.1, -0.05) is 12.1 Å². The lowest BCUT2D eigenvalue weighted by Crippen LogP contribution is -2.55. The van der Waals surface area contributed by atoms with Gasteiger partial charge in [-0.05, 0) is 37.8 Å². The molecule has 102 valence electrons. The Labute approximate surface area is 109 Å². The number of para-hydroxylation sites is 1. The van der Waals surface area contributed by atoms with E-state index >= 15 is 0 Å². The highest BCUT2D eigenvalue weighted by Crippen LogP contribution is 2.39. The molecule has 2 rings (SSSR count). The van der Waals surface area contributed by atoms with E-state index in [1.54, 1.807) is 6.07 Å². The fourth-order valence-electron chi connectivity index (χ4n) is 1.94. The maximum absolute atomic E-state index is 13.4. The SMILES string of the molecule is CC(NC(=O)Nc1ccccc1F)(C(=O)O)C1CC1. The van der Waals surface area contributed by atoms with Crippen LogP contribution in [-0.2, 0) is 4.79 Å². The second-order valence-electron chi connectivity index (χ2n) is 4.84. The first-order valence-electron chi connectivity index (χ1n) is 6.00. The molecule has 1 atom stereocenters. The van der Waals surface area contributed by atoms with Crippen molar-refractivity contribution in [2.75, 3.05) is 5.32 Å². The van der Waals surface area contributed by atoms with E-state index in [-0.39, 0.29) is 11.6 Å². The number of carboxylic acids is 1. The van der Waals surface area contributed by atoms with Gasteiger partial charge in [0.2, 0.25) is 0 Å². The zero-order valence-electron chi connectivity index (χ0n) is 10.4. The van der Waals surface area contributed by atoms with Crippen LogP contribution in [0.4, 0.5) is 14.9 Å². The standard InChI is InChI=1S/C13H15FN2O3/c1-13(11(17)18,8-6-7-8)16-12(19)15-10-5-3-2-4-9(10)14/h2-5,8H,6-7H2,1H3,(H,17,18)(H2,15,16,19). The predicted octanol–water partition coefficient (Wildman–Crippen LogP) is 2.20. The third kappa shape index (κ3) is 2.83. The Morgan fingerprint density at radius 1 is 1.37 bits per heavy atom. The molecule has 0 bridgehead atoms. The maximum atomic E-state index is 13.4. The van der Waals surface area contributed by atoms with Crippen LogP contribution >= 0.6 is 0 Å². The van der Waals surface area contributed by atoms with Crippen LogP contribution in [0.15, 0.2) is 24.3 Å². The fraction of sp³-hybridized carbons (Fsp3) is 0.385. The molecule has 1 aromatic rings. The normalized spacial score (nSPS) is 17.4. The molecule has 6 heteroatoms. The number of benzene rings is 1. The molecular formula is C13H15FN2O3. The van der Waals surface area contributed by atoms with Crippen molar-refractivity contribution < 1.29 is 19.1 Å². The number of rotatable bonds is 4. The number of amides is 2. The Morgan fingerprint density at radius 2 is 2.00 bits per heavy atom. The third-order valence-corrected chi connectivity index (χ3v) is 3.33. The molecule has 0 aliphatic heterocycles. The van der Waals surface area contributed by atoms with Gasteiger partial charge < -0.3 is 15.7 Å². The highest BCUT2D eigenvalue weighted by atomic mass is 19.1. The summed E-state index contributed by atoms with van der Waals surface area (Å²) in [6.45, 7) is 1.47. The minimum Gasteiger partial charge on any atom is -0.480 e. The molecule has 0 spiro atoms. The van der Waals surface area contributed by atoms with Crippen LogP contribution < -0.4 is 10.6 Å². The topological polar surface area (TPSA) is 78.4 Å². The van der Waals surface area contributed by atoms with Gasteiger partial charge in [-0.25, -0.2) is 14.0 Å². The lowest BCUT2D eigenvalue weighted by atomic mass is 9.96. The van der Waals surface area contributed by atoms with Crippen molar-refractivity contribution in [3.63, 3.8) is 0 Å². The summed E-state index contributed by atoms with van der Waals surface area (Å²) in [7, 11) is 0. The molecule has 3 N–H and O–H groups in total. The molecular weight excluding hydrogens is 251 g/mol. The van der Waals surface area contributed by atoms with Crippen molar-refractivity contribution >= 4 is 17.7 Å². The minimum absolute atomic E-state index is 0.0172. The van der Waals surface area contributed by atoms with Gasteiger partial charge in [0, 0.05) is 0 Å². The zero-order chi connectivity index (χ0) is 14.0. The number of hydrogen-bond donors (Lipinski definition) is 3. The second-order valence-corrected chi connectivity index (χ2v) is 4.84. The number of halogens is 1. The van der Waals surface area contributed by atoms with Crippen LogP contribution in [0, 0.1) is 11.7 Å². The molecule has 1 aromatic carbocycles. The van der Waals surface area contributed by atoms with Crippen LogP contribution in [0.3, 0.4) is 0 Å². The summed E-state index contributed by atoms with van der Waals surface area (Å²) in [5.41, 5.74) is -1.29. The Bertz CT molecular complexity index is 516. The number of carbonyl (C=O) groups excluding carboxylic acids is 1. The molecule has 0 radical (unpaired) electrons. The largest absolute Gasteiger partial charge is 0.480 e. The van der Waals surface area contributed by atoms with Gasteiger partial charge in [-0.2, -0.15) is 0 Å². The zero-order valence-corrected chi connectivity index (χ0v) is 10.4. The second kappa shape index (κ2) is 4.87. The van der Waals surface area contributed by atoms with Gasteiger partial charge in [0.1, 0.15) is 11.4 Å². The molecule has 2 amide bonds. The summed E-state index contributed by atoms with van der Waals surface area (Å²) in [4.78, 5) is 23.0. The number of carbonyl (C=O) groups is 2. The summed E-state index contributed by atoms with van der Waals surface area (Å²) in [5, 5.41) is 13.9. The Kier molecular flexibility index (Phi) is 3.42. The lowest BCUT2D eigenvalue weighted by Gasteiger charge is -2.26. The van der Waals surface area contributed by atoms with Crippen LogP contribution in [-0.4, -0.2) is 22.6 Å². The predicted molar refractivity (Wildman–Crippen MR) is 67.3 cm³/mol. The van der Waals surface area contributed by atoms with E-state index < -0.39 is 23.4 Å². The molecule has 1 aliphatic rings. The highest BCUT2D eigenvalue weighted by Gasteiger charge is 2.48. The highest BCUT2D eigenvalue weighted by molar-refractivity contribution is 5.94. The smallest absolute Gasteiger partial charge is 0.329 e. The molecule has 1 saturated carbocycles. The molecule has 5 nitrogen and oxygen atoms in total. The lowest BCUT2D eigenvalue weighted by molar-refractivity contribution is -0.144. The van der Waals surface area contributed by atoms with Crippen molar-refractivity contribution in [3.8, 4) is 0 Å². The van der Waals surface area contributed by atoms with E-state index in [0.29, 0.717) is 0 Å². The van der Waals surface area contributed by atoms with E-state index in [9.17, 15) is 19.1 Å². The van der Waals surface area contributed by atoms with E-state index in [4.69, 9.17) is 0 Å². The van der Waals surface area contributed by atoms with Crippen molar-refractivity contribution in [1.82, 2.24) is 5.32 Å². The van der Waals surface area contributed by atoms with E-state index in [2.05, 4.69) is 10.6 Å². The first-order valence-corrected chi connectivity index (χ1v) is 6.00. The van der Waals surface area contributed by atoms with Crippen molar-refractivity contribution in [2.45, 2.75) is 25.3 Å². The maximum Gasteiger partial charge on any atom is 0.329 e. The van der Waals surface area contributed by atoms with Crippen LogP contribution in [0.2, 0.25) is 0 Å². The van der Waals surface area contributed by atoms with Crippen LogP contribution in [0.1, 0.15) is 19.8 Å². The van der Waals surface area contributed by atoms with E-state index in [0.717, 1.165) is 12.8 Å². The number of nitrogens with one attached hydrogen (secondary N) is 2. The van der Waals surface area contributed by atoms with Crippen molar-refractivity contribution in [3.05, 3.63) is 30.1 Å². The molecule has 0 saturated heterocycles. The summed E-state index contributed by atoms with van der Waals surface area (Å²) in [5.74, 6) is -1.73. The number of urea groups is 1. The molecule has 0 heterocycles. The van der Waals surface area contributed by atoms with Gasteiger partial charge in [-0.15, -0.1) is 0 Å². The number of anilines is 1. The van der Waals surface area contributed by atoms with E-state index in [1.807, 2.05) is 0 Å². The van der Waals surface area contributed by atoms with Gasteiger partial charge in [-0.3, -0.25) is 0 Å². The number of carboxylic acid groups (broad SMARTS) is 1. The monoisotopic (exact) mass is 266 g/mol. The molecule has 19 heavy (non-hydrogen) atoms. The fourth-order valence-corrected chi connectivity index (χ4v) is 1.94. The summed E-state index contributed by atoms with van der Waals surface area (Å²) >= 11 is 0. The van der Waals surface area contributed by atoms with Crippen LogP contribution in [0.5, 0.6) is 0 Å². The first-order chi connectivity index (χ1) is 8.93. The average molecular weight is 266 g/mol. The summed E-state index contributed by atoms with van der Waals surface area (Å²) in [6.07, 6.45) is 1.53. The van der Waals surface area contributed by atoms with E-state index in [1.165, 1.54) is 25.1 Å². The van der Waals surface area contributed by atoms with Crippen molar-refractivity contribution in [2.24, 2.45) is 5.92 Å². The number of aliphatic carboxylic acids is 1. The van der Waals surface area contributed by atoms with Gasteiger partial charge in [0.15, 0.2) is 0 Å². The molecule has 1 aliphatic carbocycles. The Hall–Kier alpha value is -2.11. The summed E-state index contributed by atoms with van der Waals surface area (Å²) in [6, 6.07) is 4.98. The quantitative estimate of drug-likeness (QED) is 0.781. The van der Waals surface area contributed by atoms with Gasteiger partial charge >= 0.3 is 12.0 Å². The van der Waals surface area contributed by atoms with Crippen LogP contribution in [0.25, 0.3) is 0 Å². The number of hydrogen-bond acceptors (Lipinski definition) is 2. The molecule has 1 fully saturated rings. The average Bonchev–Trinajstić information content (AvgIpc) is 3.16. The van der Waals surface area contributed by atoms with Gasteiger partial charge in [0.05, 0.1) is 5.69 Å². The summed E-state index contributed by atoms with van der Waals surface area (Å²) < 4.78 is 13.4. The molecule has 1 unspecified atom stereocenters. The molecule has 0 aromatic heterocycles.